The molecule has 0 aliphatic rings. The molecule has 4 aromatic rings. The third kappa shape index (κ3) is 3.89. The van der Waals surface area contributed by atoms with Crippen molar-refractivity contribution in [3.8, 4) is 22.8 Å². The molecule has 0 N–H and O–H groups in total. The largest absolute Gasteiger partial charge is 0.334 e. The molecule has 0 bridgehead atoms. The van der Waals surface area contributed by atoms with E-state index in [2.05, 4.69) is 39.4 Å². The van der Waals surface area contributed by atoms with Crippen LogP contribution in [0.3, 0.4) is 0 Å². The highest BCUT2D eigenvalue weighted by atomic mass is 35.5. The van der Waals surface area contributed by atoms with Gasteiger partial charge < -0.3 is 9.09 Å². The third-order valence-electron chi connectivity index (χ3n) is 4.03. The molecule has 0 fully saturated rings. The van der Waals surface area contributed by atoms with Crippen molar-refractivity contribution in [3.63, 3.8) is 0 Å². The van der Waals surface area contributed by atoms with Crippen LogP contribution in [0.1, 0.15) is 11.4 Å². The second-order valence-corrected chi connectivity index (χ2v) is 7.42. The molecular weight excluding hydrogens is 382 g/mol. The zero-order valence-electron chi connectivity index (χ0n) is 14.8. The summed E-state index contributed by atoms with van der Waals surface area (Å²) in [7, 11) is 1.95. The molecule has 0 aliphatic heterocycles. The minimum atomic E-state index is 0.473. The summed E-state index contributed by atoms with van der Waals surface area (Å²) in [5.74, 6) is 2.44. The lowest BCUT2D eigenvalue weighted by Crippen LogP contribution is -1.95. The fourth-order valence-corrected chi connectivity index (χ4v) is 3.43. The molecule has 136 valence electrons. The van der Waals surface area contributed by atoms with Crippen molar-refractivity contribution in [1.82, 2.24) is 24.9 Å². The SMILES string of the molecule is Cc1ccc(-c2nnc(SCc3noc(-c4ccc(Cl)cc4)n3)n2C)cc1. The zero-order valence-corrected chi connectivity index (χ0v) is 16.3. The minimum absolute atomic E-state index is 0.473. The number of halogens is 1. The van der Waals surface area contributed by atoms with E-state index in [0.717, 1.165) is 22.1 Å². The quantitative estimate of drug-likeness (QED) is 0.451. The molecule has 0 radical (unpaired) electrons. The third-order valence-corrected chi connectivity index (χ3v) is 5.30. The van der Waals surface area contributed by atoms with Gasteiger partial charge in [0.1, 0.15) is 0 Å². The monoisotopic (exact) mass is 397 g/mol. The van der Waals surface area contributed by atoms with Gasteiger partial charge in [0.05, 0.1) is 5.75 Å². The maximum Gasteiger partial charge on any atom is 0.257 e. The van der Waals surface area contributed by atoms with Crippen LogP contribution in [0.4, 0.5) is 0 Å². The lowest BCUT2D eigenvalue weighted by atomic mass is 10.1. The first-order chi connectivity index (χ1) is 13.1. The summed E-state index contributed by atoms with van der Waals surface area (Å²) in [6.07, 6.45) is 0. The van der Waals surface area contributed by atoms with Gasteiger partial charge >= 0.3 is 0 Å². The van der Waals surface area contributed by atoms with Gasteiger partial charge in [-0.25, -0.2) is 0 Å². The molecule has 0 saturated heterocycles. The van der Waals surface area contributed by atoms with Crippen LogP contribution in [0.5, 0.6) is 0 Å². The number of hydrogen-bond donors (Lipinski definition) is 0. The molecule has 2 heterocycles. The van der Waals surface area contributed by atoms with E-state index in [4.69, 9.17) is 16.1 Å². The molecule has 27 heavy (non-hydrogen) atoms. The van der Waals surface area contributed by atoms with Crippen LogP contribution in [0.25, 0.3) is 22.8 Å². The van der Waals surface area contributed by atoms with Gasteiger partial charge in [-0.3, -0.25) is 0 Å². The van der Waals surface area contributed by atoms with Crippen molar-refractivity contribution < 1.29 is 4.52 Å². The number of benzene rings is 2. The maximum absolute atomic E-state index is 5.91. The molecule has 8 heteroatoms. The number of nitrogens with zero attached hydrogens (tertiary/aromatic N) is 5. The summed E-state index contributed by atoms with van der Waals surface area (Å²) in [5, 5.41) is 14.1. The van der Waals surface area contributed by atoms with Crippen molar-refractivity contribution in [2.24, 2.45) is 7.05 Å². The topological polar surface area (TPSA) is 69.6 Å². The summed E-state index contributed by atoms with van der Waals surface area (Å²) in [6.45, 7) is 2.06. The molecule has 2 aromatic carbocycles. The summed E-state index contributed by atoms with van der Waals surface area (Å²) < 4.78 is 7.30. The Morgan fingerprint density at radius 3 is 2.44 bits per heavy atom. The summed E-state index contributed by atoms with van der Waals surface area (Å²) in [4.78, 5) is 4.43. The van der Waals surface area contributed by atoms with Crippen molar-refractivity contribution in [3.05, 3.63) is 64.9 Å². The lowest BCUT2D eigenvalue weighted by Gasteiger charge is -2.03. The lowest BCUT2D eigenvalue weighted by molar-refractivity contribution is 0.425. The number of thioether (sulfide) groups is 1. The summed E-state index contributed by atoms with van der Waals surface area (Å²) in [5.41, 5.74) is 3.08. The van der Waals surface area contributed by atoms with Crippen molar-refractivity contribution >= 4 is 23.4 Å². The first-order valence-electron chi connectivity index (χ1n) is 8.28. The number of rotatable bonds is 5. The fourth-order valence-electron chi connectivity index (χ4n) is 2.55. The Morgan fingerprint density at radius 2 is 1.70 bits per heavy atom. The first-order valence-corrected chi connectivity index (χ1v) is 9.64. The Bertz CT molecular complexity index is 1060. The molecule has 6 nitrogen and oxygen atoms in total. The Morgan fingerprint density at radius 1 is 1.00 bits per heavy atom. The van der Waals surface area contributed by atoms with Gasteiger partial charge in [0, 0.05) is 23.2 Å². The normalized spacial score (nSPS) is 11.1. The van der Waals surface area contributed by atoms with E-state index in [0.29, 0.717) is 22.5 Å². The second kappa shape index (κ2) is 7.54. The van der Waals surface area contributed by atoms with Gasteiger partial charge in [0.2, 0.25) is 0 Å². The molecule has 0 unspecified atom stereocenters. The Labute approximate surface area is 165 Å². The standard InChI is InChI=1S/C19H16ClN5OS/c1-12-3-5-13(6-4-12)17-22-23-19(25(17)2)27-11-16-21-18(26-24-16)14-7-9-15(20)10-8-14/h3-10H,11H2,1-2H3. The van der Waals surface area contributed by atoms with Gasteiger partial charge in [-0.15, -0.1) is 10.2 Å². The predicted octanol–water partition coefficient (Wildman–Crippen LogP) is 4.79. The second-order valence-electron chi connectivity index (χ2n) is 6.04. The summed E-state index contributed by atoms with van der Waals surface area (Å²) in [6, 6.07) is 15.5. The van der Waals surface area contributed by atoms with E-state index < -0.39 is 0 Å². The smallest absolute Gasteiger partial charge is 0.257 e. The molecule has 4 rings (SSSR count). The first kappa shape index (κ1) is 17.8. The molecular formula is C19H16ClN5OS. The zero-order chi connectivity index (χ0) is 18.8. The van der Waals surface area contributed by atoms with Gasteiger partial charge in [-0.1, -0.05) is 58.3 Å². The molecule has 0 aliphatic carbocycles. The molecule has 0 spiro atoms. The molecule has 2 aromatic heterocycles. The average molecular weight is 398 g/mol. The highest BCUT2D eigenvalue weighted by Gasteiger charge is 2.14. The molecule has 0 saturated carbocycles. The number of aromatic nitrogens is 5. The highest BCUT2D eigenvalue weighted by molar-refractivity contribution is 7.98. The van der Waals surface area contributed by atoms with E-state index in [1.807, 2.05) is 35.9 Å². The maximum atomic E-state index is 5.91. The van der Waals surface area contributed by atoms with Crippen molar-refractivity contribution in [2.45, 2.75) is 17.8 Å². The highest BCUT2D eigenvalue weighted by Crippen LogP contribution is 2.26. The predicted molar refractivity (Wildman–Crippen MR) is 105 cm³/mol. The average Bonchev–Trinajstić information content (AvgIpc) is 3.28. The van der Waals surface area contributed by atoms with Crippen LogP contribution >= 0.6 is 23.4 Å². The fraction of sp³-hybridized carbons (Fsp3) is 0.158. The van der Waals surface area contributed by atoms with Gasteiger partial charge in [-0.2, -0.15) is 4.98 Å². The van der Waals surface area contributed by atoms with Gasteiger partial charge in [-0.05, 0) is 31.2 Å². The van der Waals surface area contributed by atoms with E-state index >= 15 is 0 Å². The molecule has 0 amide bonds. The number of hydrogen-bond acceptors (Lipinski definition) is 6. The van der Waals surface area contributed by atoms with Crippen LogP contribution in [0.2, 0.25) is 5.02 Å². The van der Waals surface area contributed by atoms with E-state index in [1.54, 1.807) is 12.1 Å². The van der Waals surface area contributed by atoms with E-state index in [-0.39, 0.29) is 0 Å². The number of aryl methyl sites for hydroxylation is 1. The molecule has 0 atom stereocenters. The van der Waals surface area contributed by atoms with Gasteiger partial charge in [0.15, 0.2) is 16.8 Å². The Balaban J connectivity index is 1.46. The van der Waals surface area contributed by atoms with Crippen LogP contribution in [0.15, 0.2) is 58.2 Å². The van der Waals surface area contributed by atoms with Gasteiger partial charge in [0.25, 0.3) is 5.89 Å². The van der Waals surface area contributed by atoms with Crippen molar-refractivity contribution in [2.75, 3.05) is 0 Å². The minimum Gasteiger partial charge on any atom is -0.334 e. The van der Waals surface area contributed by atoms with Crippen LogP contribution in [-0.4, -0.2) is 24.9 Å². The van der Waals surface area contributed by atoms with Crippen LogP contribution < -0.4 is 0 Å². The Hall–Kier alpha value is -2.64. The van der Waals surface area contributed by atoms with E-state index in [1.165, 1.54) is 17.3 Å². The van der Waals surface area contributed by atoms with Crippen molar-refractivity contribution in [1.29, 1.82) is 0 Å². The van der Waals surface area contributed by atoms with Crippen LogP contribution in [0, 0.1) is 6.92 Å². The summed E-state index contributed by atoms with van der Waals surface area (Å²) >= 11 is 7.42. The van der Waals surface area contributed by atoms with Crippen LogP contribution in [-0.2, 0) is 12.8 Å². The van der Waals surface area contributed by atoms with E-state index in [9.17, 15) is 0 Å². The Kier molecular flexibility index (Phi) is 4.96.